The van der Waals surface area contributed by atoms with Crippen molar-refractivity contribution in [3.63, 3.8) is 0 Å². The SMILES string of the molecule is COC(C(=O)O)C1CCC(C)(C)CC1. The highest BCUT2D eigenvalue weighted by Crippen LogP contribution is 2.39. The lowest BCUT2D eigenvalue weighted by molar-refractivity contribution is -0.153. The fourth-order valence-electron chi connectivity index (χ4n) is 2.22. The van der Waals surface area contributed by atoms with Crippen molar-refractivity contribution in [3.05, 3.63) is 0 Å². The van der Waals surface area contributed by atoms with Crippen LogP contribution in [0.15, 0.2) is 0 Å². The third kappa shape index (κ3) is 2.71. The van der Waals surface area contributed by atoms with Crippen LogP contribution < -0.4 is 0 Å². The topological polar surface area (TPSA) is 46.5 Å². The molecule has 0 heterocycles. The average molecular weight is 200 g/mol. The van der Waals surface area contributed by atoms with Gasteiger partial charge in [-0.2, -0.15) is 0 Å². The summed E-state index contributed by atoms with van der Waals surface area (Å²) < 4.78 is 5.02. The van der Waals surface area contributed by atoms with Crippen LogP contribution in [0.1, 0.15) is 39.5 Å². The summed E-state index contributed by atoms with van der Waals surface area (Å²) in [6, 6.07) is 0. The largest absolute Gasteiger partial charge is 0.479 e. The van der Waals surface area contributed by atoms with Gasteiger partial charge in [-0.05, 0) is 37.0 Å². The molecule has 1 saturated carbocycles. The molecule has 0 amide bonds. The lowest BCUT2D eigenvalue weighted by Gasteiger charge is -2.36. The standard InChI is InChI=1S/C11H20O3/c1-11(2)6-4-8(5-7-11)9(14-3)10(12)13/h8-9H,4-7H2,1-3H3,(H,12,13). The van der Waals surface area contributed by atoms with Gasteiger partial charge in [-0.25, -0.2) is 4.79 Å². The molecular weight excluding hydrogens is 180 g/mol. The molecule has 82 valence electrons. The van der Waals surface area contributed by atoms with Crippen LogP contribution in [0.2, 0.25) is 0 Å². The zero-order valence-electron chi connectivity index (χ0n) is 9.25. The van der Waals surface area contributed by atoms with E-state index in [-0.39, 0.29) is 5.92 Å². The second-order valence-corrected chi connectivity index (χ2v) is 5.00. The predicted octanol–water partition coefficient (Wildman–Crippen LogP) is 2.30. The van der Waals surface area contributed by atoms with Crippen LogP contribution in [0.25, 0.3) is 0 Å². The summed E-state index contributed by atoms with van der Waals surface area (Å²) in [5, 5.41) is 8.93. The molecule has 1 aliphatic rings. The molecule has 0 radical (unpaired) electrons. The van der Waals surface area contributed by atoms with Crippen LogP contribution in [0.5, 0.6) is 0 Å². The van der Waals surface area contributed by atoms with Gasteiger partial charge in [0.15, 0.2) is 6.10 Å². The van der Waals surface area contributed by atoms with Crippen LogP contribution in [-0.2, 0) is 9.53 Å². The summed E-state index contributed by atoms with van der Waals surface area (Å²) in [4.78, 5) is 10.9. The van der Waals surface area contributed by atoms with Gasteiger partial charge in [0, 0.05) is 7.11 Å². The fourth-order valence-corrected chi connectivity index (χ4v) is 2.22. The van der Waals surface area contributed by atoms with Gasteiger partial charge in [-0.3, -0.25) is 0 Å². The minimum atomic E-state index is -0.822. The van der Waals surface area contributed by atoms with E-state index >= 15 is 0 Å². The summed E-state index contributed by atoms with van der Waals surface area (Å²) in [5.74, 6) is -0.622. The molecular formula is C11H20O3. The number of rotatable bonds is 3. The van der Waals surface area contributed by atoms with E-state index in [0.29, 0.717) is 5.41 Å². The smallest absolute Gasteiger partial charge is 0.333 e. The molecule has 1 rings (SSSR count). The molecule has 0 bridgehead atoms. The maximum atomic E-state index is 10.9. The first-order valence-corrected chi connectivity index (χ1v) is 5.22. The molecule has 1 atom stereocenters. The van der Waals surface area contributed by atoms with Crippen molar-refractivity contribution < 1.29 is 14.6 Å². The van der Waals surface area contributed by atoms with Gasteiger partial charge < -0.3 is 9.84 Å². The van der Waals surface area contributed by atoms with Gasteiger partial charge in [-0.1, -0.05) is 13.8 Å². The van der Waals surface area contributed by atoms with Crippen molar-refractivity contribution in [2.45, 2.75) is 45.6 Å². The van der Waals surface area contributed by atoms with E-state index in [4.69, 9.17) is 9.84 Å². The Bertz CT molecular complexity index is 201. The summed E-state index contributed by atoms with van der Waals surface area (Å²) in [7, 11) is 1.48. The highest BCUT2D eigenvalue weighted by molar-refractivity contribution is 5.72. The van der Waals surface area contributed by atoms with E-state index in [1.807, 2.05) is 0 Å². The highest BCUT2D eigenvalue weighted by Gasteiger charge is 2.34. The molecule has 0 spiro atoms. The highest BCUT2D eigenvalue weighted by atomic mass is 16.5. The van der Waals surface area contributed by atoms with E-state index in [1.165, 1.54) is 7.11 Å². The molecule has 3 nitrogen and oxygen atoms in total. The summed E-state index contributed by atoms with van der Waals surface area (Å²) in [6.45, 7) is 4.48. The van der Waals surface area contributed by atoms with E-state index in [1.54, 1.807) is 0 Å². The Labute approximate surface area is 85.5 Å². The zero-order chi connectivity index (χ0) is 10.8. The van der Waals surface area contributed by atoms with Crippen molar-refractivity contribution in [2.75, 3.05) is 7.11 Å². The molecule has 1 aliphatic carbocycles. The van der Waals surface area contributed by atoms with Crippen molar-refractivity contribution >= 4 is 5.97 Å². The predicted molar refractivity (Wildman–Crippen MR) is 54.2 cm³/mol. The second kappa shape index (κ2) is 4.30. The van der Waals surface area contributed by atoms with Crippen molar-refractivity contribution in [2.24, 2.45) is 11.3 Å². The normalized spacial score (nSPS) is 24.5. The van der Waals surface area contributed by atoms with E-state index in [9.17, 15) is 4.79 Å². The summed E-state index contributed by atoms with van der Waals surface area (Å²) >= 11 is 0. The van der Waals surface area contributed by atoms with Gasteiger partial charge >= 0.3 is 5.97 Å². The molecule has 3 heteroatoms. The molecule has 1 unspecified atom stereocenters. The van der Waals surface area contributed by atoms with Gasteiger partial charge in [0.25, 0.3) is 0 Å². The Morgan fingerprint density at radius 1 is 1.43 bits per heavy atom. The molecule has 1 N–H and O–H groups in total. The molecule has 0 aromatic rings. The fraction of sp³-hybridized carbons (Fsp3) is 0.909. The Morgan fingerprint density at radius 2 is 1.93 bits per heavy atom. The van der Waals surface area contributed by atoms with E-state index in [0.717, 1.165) is 25.7 Å². The van der Waals surface area contributed by atoms with Gasteiger partial charge in [0.2, 0.25) is 0 Å². The summed E-state index contributed by atoms with van der Waals surface area (Å²) in [6.07, 6.45) is 3.54. The van der Waals surface area contributed by atoms with Crippen LogP contribution in [-0.4, -0.2) is 24.3 Å². The second-order valence-electron chi connectivity index (χ2n) is 5.00. The van der Waals surface area contributed by atoms with Crippen LogP contribution in [0.3, 0.4) is 0 Å². The number of ether oxygens (including phenoxy) is 1. The van der Waals surface area contributed by atoms with Crippen molar-refractivity contribution in [1.82, 2.24) is 0 Å². The molecule has 0 saturated heterocycles. The van der Waals surface area contributed by atoms with Crippen LogP contribution >= 0.6 is 0 Å². The first kappa shape index (κ1) is 11.5. The number of methoxy groups -OCH3 is 1. The molecule has 1 fully saturated rings. The Morgan fingerprint density at radius 3 is 2.29 bits per heavy atom. The Balaban J connectivity index is 2.51. The minimum absolute atomic E-state index is 0.200. The molecule has 0 aromatic carbocycles. The Kier molecular flexibility index (Phi) is 3.53. The molecule has 0 aromatic heterocycles. The number of carboxylic acids is 1. The van der Waals surface area contributed by atoms with Crippen LogP contribution in [0.4, 0.5) is 0 Å². The molecule has 0 aliphatic heterocycles. The van der Waals surface area contributed by atoms with Crippen LogP contribution in [0, 0.1) is 11.3 Å². The lowest BCUT2D eigenvalue weighted by Crippen LogP contribution is -2.35. The maximum Gasteiger partial charge on any atom is 0.333 e. The summed E-state index contributed by atoms with van der Waals surface area (Å²) in [5.41, 5.74) is 0.382. The van der Waals surface area contributed by atoms with E-state index < -0.39 is 12.1 Å². The number of hydrogen-bond acceptors (Lipinski definition) is 2. The van der Waals surface area contributed by atoms with Crippen molar-refractivity contribution in [3.8, 4) is 0 Å². The van der Waals surface area contributed by atoms with Gasteiger partial charge in [0.05, 0.1) is 0 Å². The zero-order valence-corrected chi connectivity index (χ0v) is 9.25. The molecule has 14 heavy (non-hydrogen) atoms. The van der Waals surface area contributed by atoms with E-state index in [2.05, 4.69) is 13.8 Å². The minimum Gasteiger partial charge on any atom is -0.479 e. The number of aliphatic carboxylic acids is 1. The maximum absolute atomic E-state index is 10.9. The van der Waals surface area contributed by atoms with Gasteiger partial charge in [-0.15, -0.1) is 0 Å². The first-order chi connectivity index (χ1) is 6.46. The quantitative estimate of drug-likeness (QED) is 0.760. The van der Waals surface area contributed by atoms with Crippen molar-refractivity contribution in [1.29, 1.82) is 0 Å². The third-order valence-electron chi connectivity index (χ3n) is 3.31. The first-order valence-electron chi connectivity index (χ1n) is 5.22. The number of carbonyl (C=O) groups is 1. The Hall–Kier alpha value is -0.570. The third-order valence-corrected chi connectivity index (χ3v) is 3.31. The lowest BCUT2D eigenvalue weighted by atomic mass is 9.71. The van der Waals surface area contributed by atoms with Gasteiger partial charge in [0.1, 0.15) is 0 Å². The monoisotopic (exact) mass is 200 g/mol. The number of carboxylic acid groups (broad SMARTS) is 1. The number of hydrogen-bond donors (Lipinski definition) is 1. The average Bonchev–Trinajstić information content (AvgIpc) is 2.08.